The molecule has 0 aliphatic rings. The van der Waals surface area contributed by atoms with Crippen molar-refractivity contribution in [2.45, 2.75) is 13.3 Å². The summed E-state index contributed by atoms with van der Waals surface area (Å²) in [6.45, 7) is 1.81. The first-order valence-corrected chi connectivity index (χ1v) is 7.74. The third-order valence-electron chi connectivity index (χ3n) is 3.27. The Kier molecular flexibility index (Phi) is 3.98. The van der Waals surface area contributed by atoms with Crippen LogP contribution in [0.2, 0.25) is 0 Å². The maximum Gasteiger partial charge on any atom is 0.343 e. The van der Waals surface area contributed by atoms with Crippen LogP contribution in [0.1, 0.15) is 34.1 Å². The highest BCUT2D eigenvalue weighted by Crippen LogP contribution is 2.21. The van der Waals surface area contributed by atoms with Gasteiger partial charge in [0.15, 0.2) is 5.78 Å². The van der Waals surface area contributed by atoms with Gasteiger partial charge in [0.2, 0.25) is 0 Å². The molecule has 0 saturated heterocycles. The topological polar surface area (TPSA) is 56.3 Å². The normalized spacial score (nSPS) is 10.6. The van der Waals surface area contributed by atoms with Crippen LogP contribution >= 0.6 is 11.3 Å². The second-order valence-corrected chi connectivity index (χ2v) is 5.61. The van der Waals surface area contributed by atoms with Gasteiger partial charge in [-0.2, -0.15) is 0 Å². The van der Waals surface area contributed by atoms with E-state index in [1.54, 1.807) is 48.0 Å². The third-order valence-corrected chi connectivity index (χ3v) is 4.07. The molecule has 0 atom stereocenters. The Balaban J connectivity index is 1.77. The highest BCUT2D eigenvalue weighted by atomic mass is 32.1. The maximum absolute atomic E-state index is 12.1. The van der Waals surface area contributed by atoms with Gasteiger partial charge in [-0.1, -0.05) is 6.92 Å². The first-order valence-electron chi connectivity index (χ1n) is 6.86. The van der Waals surface area contributed by atoms with E-state index < -0.39 is 5.97 Å². The number of ether oxygens (including phenoxy) is 1. The van der Waals surface area contributed by atoms with Crippen molar-refractivity contribution >= 4 is 33.3 Å². The molecule has 1 heterocycles. The van der Waals surface area contributed by atoms with Crippen molar-refractivity contribution in [2.24, 2.45) is 0 Å². The Labute approximate surface area is 131 Å². The molecular weight excluding hydrogens is 298 g/mol. The van der Waals surface area contributed by atoms with Gasteiger partial charge in [-0.3, -0.25) is 4.79 Å². The number of esters is 1. The fourth-order valence-electron chi connectivity index (χ4n) is 2.06. The fourth-order valence-corrected chi connectivity index (χ4v) is 2.78. The van der Waals surface area contributed by atoms with Crippen molar-refractivity contribution < 1.29 is 14.3 Å². The molecule has 2 aromatic carbocycles. The minimum atomic E-state index is -0.426. The second-order valence-electron chi connectivity index (χ2n) is 4.73. The maximum atomic E-state index is 12.1. The first-order chi connectivity index (χ1) is 10.7. The molecule has 5 heteroatoms. The minimum absolute atomic E-state index is 0.0634. The Morgan fingerprint density at radius 2 is 1.82 bits per heavy atom. The van der Waals surface area contributed by atoms with E-state index in [0.717, 1.165) is 10.2 Å². The van der Waals surface area contributed by atoms with Crippen LogP contribution in [0.25, 0.3) is 10.2 Å². The van der Waals surface area contributed by atoms with Crippen molar-refractivity contribution in [2.75, 3.05) is 0 Å². The highest BCUT2D eigenvalue weighted by Gasteiger charge is 2.11. The third kappa shape index (κ3) is 2.89. The minimum Gasteiger partial charge on any atom is -0.423 e. The summed E-state index contributed by atoms with van der Waals surface area (Å²) in [5.41, 5.74) is 3.70. The highest BCUT2D eigenvalue weighted by molar-refractivity contribution is 7.16. The molecule has 22 heavy (non-hydrogen) atoms. The van der Waals surface area contributed by atoms with Gasteiger partial charge in [-0.25, -0.2) is 9.78 Å². The average Bonchev–Trinajstić information content (AvgIpc) is 3.02. The number of fused-ring (bicyclic) bond motifs is 1. The molecule has 0 amide bonds. The Hall–Kier alpha value is -2.53. The monoisotopic (exact) mass is 311 g/mol. The Morgan fingerprint density at radius 3 is 2.55 bits per heavy atom. The number of hydrogen-bond donors (Lipinski definition) is 0. The lowest BCUT2D eigenvalue weighted by molar-refractivity contribution is 0.0735. The van der Waals surface area contributed by atoms with Crippen LogP contribution in [0.3, 0.4) is 0 Å². The molecule has 0 fully saturated rings. The molecule has 110 valence electrons. The molecule has 1 aromatic heterocycles. The van der Waals surface area contributed by atoms with Gasteiger partial charge in [0.05, 0.1) is 21.3 Å². The number of carbonyl (C=O) groups is 2. The van der Waals surface area contributed by atoms with Crippen molar-refractivity contribution in [1.82, 2.24) is 4.98 Å². The van der Waals surface area contributed by atoms with Crippen LogP contribution in [-0.4, -0.2) is 16.7 Å². The van der Waals surface area contributed by atoms with Gasteiger partial charge >= 0.3 is 5.97 Å². The summed E-state index contributed by atoms with van der Waals surface area (Å²) in [4.78, 5) is 27.9. The zero-order valence-corrected chi connectivity index (χ0v) is 12.7. The van der Waals surface area contributed by atoms with E-state index in [1.165, 1.54) is 11.3 Å². The smallest absolute Gasteiger partial charge is 0.343 e. The first kappa shape index (κ1) is 14.4. The summed E-state index contributed by atoms with van der Waals surface area (Å²) >= 11 is 1.48. The summed E-state index contributed by atoms with van der Waals surface area (Å²) in [5, 5.41) is 0. The van der Waals surface area contributed by atoms with Crippen molar-refractivity contribution in [3.8, 4) is 5.75 Å². The van der Waals surface area contributed by atoms with Gasteiger partial charge in [0, 0.05) is 12.0 Å². The zero-order chi connectivity index (χ0) is 15.5. The summed E-state index contributed by atoms with van der Waals surface area (Å²) in [7, 11) is 0. The van der Waals surface area contributed by atoms with Gasteiger partial charge in [0.1, 0.15) is 5.75 Å². The van der Waals surface area contributed by atoms with Crippen molar-refractivity contribution in [1.29, 1.82) is 0 Å². The van der Waals surface area contributed by atoms with Crippen molar-refractivity contribution in [3.05, 3.63) is 59.1 Å². The van der Waals surface area contributed by atoms with E-state index in [1.807, 2.05) is 6.92 Å². The molecule has 0 aliphatic carbocycles. The Bertz CT molecular complexity index is 836. The number of hydrogen-bond acceptors (Lipinski definition) is 5. The van der Waals surface area contributed by atoms with E-state index >= 15 is 0 Å². The number of carbonyl (C=O) groups excluding carboxylic acids is 2. The van der Waals surface area contributed by atoms with Crippen molar-refractivity contribution in [3.63, 3.8) is 0 Å². The zero-order valence-electron chi connectivity index (χ0n) is 11.9. The molecule has 4 nitrogen and oxygen atoms in total. The van der Waals surface area contributed by atoms with Crippen LogP contribution in [0, 0.1) is 0 Å². The van der Waals surface area contributed by atoms with Crippen LogP contribution in [0.15, 0.2) is 48.0 Å². The Morgan fingerprint density at radius 1 is 1.09 bits per heavy atom. The van der Waals surface area contributed by atoms with E-state index in [4.69, 9.17) is 4.74 Å². The molecule has 0 N–H and O–H groups in total. The number of ketones is 1. The predicted octanol–water partition coefficient (Wildman–Crippen LogP) is 4.11. The number of nitrogens with zero attached hydrogens (tertiary/aromatic N) is 1. The lowest BCUT2D eigenvalue weighted by Gasteiger charge is -2.05. The molecule has 0 bridgehead atoms. The summed E-state index contributed by atoms with van der Waals surface area (Å²) in [6, 6.07) is 11.9. The summed E-state index contributed by atoms with van der Waals surface area (Å²) < 4.78 is 6.27. The largest absolute Gasteiger partial charge is 0.423 e. The number of aromatic nitrogens is 1. The SMILES string of the molecule is CCC(=O)c1ccc(OC(=O)c2ccc3ncsc3c2)cc1. The van der Waals surface area contributed by atoms with E-state index in [0.29, 0.717) is 23.3 Å². The van der Waals surface area contributed by atoms with E-state index in [-0.39, 0.29) is 5.78 Å². The quantitative estimate of drug-likeness (QED) is 0.413. The molecule has 0 radical (unpaired) electrons. The second kappa shape index (κ2) is 6.07. The lowest BCUT2D eigenvalue weighted by atomic mass is 10.1. The predicted molar refractivity (Wildman–Crippen MR) is 85.6 cm³/mol. The molecule has 0 saturated carbocycles. The van der Waals surface area contributed by atoms with Crippen LogP contribution in [-0.2, 0) is 0 Å². The van der Waals surface area contributed by atoms with Crippen LogP contribution < -0.4 is 4.74 Å². The number of benzene rings is 2. The fraction of sp³-hybridized carbons (Fsp3) is 0.118. The van der Waals surface area contributed by atoms with Gasteiger partial charge in [0.25, 0.3) is 0 Å². The molecule has 3 aromatic rings. The lowest BCUT2D eigenvalue weighted by Crippen LogP contribution is -2.08. The van der Waals surface area contributed by atoms with Gasteiger partial charge in [-0.05, 0) is 42.5 Å². The van der Waals surface area contributed by atoms with Gasteiger partial charge < -0.3 is 4.74 Å². The molecular formula is C17H13NO3S. The summed E-state index contributed by atoms with van der Waals surface area (Å²) in [5.74, 6) is 0.0560. The molecule has 0 unspecified atom stereocenters. The average molecular weight is 311 g/mol. The van der Waals surface area contributed by atoms with Crippen LogP contribution in [0.5, 0.6) is 5.75 Å². The number of thiazole rings is 1. The van der Waals surface area contributed by atoms with Gasteiger partial charge in [-0.15, -0.1) is 11.3 Å². The van der Waals surface area contributed by atoms with E-state index in [9.17, 15) is 9.59 Å². The molecule has 0 aliphatic heterocycles. The van der Waals surface area contributed by atoms with E-state index in [2.05, 4.69) is 4.98 Å². The number of rotatable bonds is 4. The molecule has 3 rings (SSSR count). The molecule has 0 spiro atoms. The number of Topliss-reactive ketones (excluding diaryl/α,β-unsaturated/α-hetero) is 1. The summed E-state index contributed by atoms with van der Waals surface area (Å²) in [6.07, 6.45) is 0.452. The standard InChI is InChI=1S/C17H13NO3S/c1-2-15(19)11-3-6-13(7-4-11)21-17(20)12-5-8-14-16(9-12)22-10-18-14/h3-10H,2H2,1H3. The van der Waals surface area contributed by atoms with Crippen LogP contribution in [0.4, 0.5) is 0 Å².